The molecule has 1 saturated heterocycles. The number of hydrogen-bond donors (Lipinski definition) is 0. The van der Waals surface area contributed by atoms with Gasteiger partial charge in [-0.1, -0.05) is 6.07 Å². The summed E-state index contributed by atoms with van der Waals surface area (Å²) in [4.78, 5) is 26.4. The molecule has 228 valence electrons. The number of ether oxygens (including phenoxy) is 2. The van der Waals surface area contributed by atoms with Crippen molar-refractivity contribution in [1.82, 2.24) is 14.9 Å². The number of nitrogens with zero attached hydrogens (tertiary/aromatic N) is 4. The summed E-state index contributed by atoms with van der Waals surface area (Å²) in [6.45, 7) is 0.804. The number of anilines is 1. The van der Waals surface area contributed by atoms with Crippen molar-refractivity contribution in [2.45, 2.75) is 38.3 Å². The van der Waals surface area contributed by atoms with Gasteiger partial charge in [-0.25, -0.2) is 22.5 Å². The van der Waals surface area contributed by atoms with Crippen LogP contribution in [-0.4, -0.2) is 54.0 Å². The van der Waals surface area contributed by atoms with Crippen molar-refractivity contribution in [3.63, 3.8) is 0 Å². The first-order valence-electron chi connectivity index (χ1n) is 14.2. The van der Waals surface area contributed by atoms with Gasteiger partial charge in [0.1, 0.15) is 23.1 Å². The SMILES string of the molecule is COc1ccc(CN2Cc3nc(-c4c(F)cccc4F)cc(Cc4ccc(N5CCC(F)(F)CC5)cn4)c3C2=O)c(OC)c1. The van der Waals surface area contributed by atoms with Gasteiger partial charge in [0.25, 0.3) is 11.8 Å². The molecule has 44 heavy (non-hydrogen) atoms. The molecule has 2 aromatic carbocycles. The van der Waals surface area contributed by atoms with Gasteiger partial charge >= 0.3 is 0 Å². The van der Waals surface area contributed by atoms with Crippen LogP contribution in [0.15, 0.2) is 60.8 Å². The second kappa shape index (κ2) is 11.8. The van der Waals surface area contributed by atoms with Gasteiger partial charge in [-0.3, -0.25) is 9.78 Å². The van der Waals surface area contributed by atoms with Crippen LogP contribution in [0.4, 0.5) is 23.2 Å². The molecule has 2 aromatic heterocycles. The number of rotatable bonds is 8. The summed E-state index contributed by atoms with van der Waals surface area (Å²) in [7, 11) is 3.09. The number of benzene rings is 2. The maximum absolute atomic E-state index is 14.9. The van der Waals surface area contributed by atoms with Gasteiger partial charge in [-0.2, -0.15) is 0 Å². The first-order valence-corrected chi connectivity index (χ1v) is 14.2. The Kier molecular flexibility index (Phi) is 7.87. The number of alkyl halides is 2. The number of fused-ring (bicyclic) bond motifs is 1. The van der Waals surface area contributed by atoms with Crippen LogP contribution in [0.2, 0.25) is 0 Å². The molecule has 0 spiro atoms. The lowest BCUT2D eigenvalue weighted by Crippen LogP contribution is -2.39. The number of halogens is 4. The molecule has 6 rings (SSSR count). The van der Waals surface area contributed by atoms with E-state index in [4.69, 9.17) is 9.47 Å². The van der Waals surface area contributed by atoms with Gasteiger partial charge in [0.2, 0.25) is 0 Å². The maximum Gasteiger partial charge on any atom is 0.256 e. The normalized spacial score (nSPS) is 15.8. The third-order valence-electron chi connectivity index (χ3n) is 8.13. The number of carbonyl (C=O) groups is 1. The zero-order chi connectivity index (χ0) is 31.0. The molecule has 0 saturated carbocycles. The average Bonchev–Trinajstić information content (AvgIpc) is 3.32. The Morgan fingerprint density at radius 2 is 1.66 bits per heavy atom. The van der Waals surface area contributed by atoms with Crippen molar-refractivity contribution in [3.05, 3.63) is 101 Å². The van der Waals surface area contributed by atoms with Crippen molar-refractivity contribution in [2.24, 2.45) is 0 Å². The van der Waals surface area contributed by atoms with Crippen LogP contribution in [0.1, 0.15) is 45.7 Å². The quantitative estimate of drug-likeness (QED) is 0.216. The molecule has 0 unspecified atom stereocenters. The molecule has 4 heterocycles. The van der Waals surface area contributed by atoms with Crippen molar-refractivity contribution in [1.29, 1.82) is 0 Å². The molecule has 2 aliphatic rings. The predicted octanol–water partition coefficient (Wildman–Crippen LogP) is 6.42. The van der Waals surface area contributed by atoms with E-state index in [9.17, 15) is 22.4 Å². The summed E-state index contributed by atoms with van der Waals surface area (Å²) in [5.41, 5.74) is 3.19. The van der Waals surface area contributed by atoms with Gasteiger partial charge in [0.05, 0.1) is 61.7 Å². The van der Waals surface area contributed by atoms with E-state index in [2.05, 4.69) is 9.97 Å². The Morgan fingerprint density at radius 3 is 2.32 bits per heavy atom. The Balaban J connectivity index is 1.33. The smallest absolute Gasteiger partial charge is 0.256 e. The van der Waals surface area contributed by atoms with Crippen molar-refractivity contribution in [2.75, 3.05) is 32.2 Å². The van der Waals surface area contributed by atoms with E-state index in [0.29, 0.717) is 34.0 Å². The van der Waals surface area contributed by atoms with E-state index in [-0.39, 0.29) is 62.6 Å². The Labute approximate surface area is 252 Å². The number of pyridine rings is 2. The highest BCUT2D eigenvalue weighted by atomic mass is 19.3. The van der Waals surface area contributed by atoms with E-state index in [0.717, 1.165) is 23.4 Å². The lowest BCUT2D eigenvalue weighted by molar-refractivity contribution is -0.0220. The number of amides is 1. The fraction of sp³-hybridized carbons (Fsp3) is 0.303. The maximum atomic E-state index is 14.9. The predicted molar refractivity (Wildman–Crippen MR) is 156 cm³/mol. The second-order valence-corrected chi connectivity index (χ2v) is 11.0. The topological polar surface area (TPSA) is 67.8 Å². The second-order valence-electron chi connectivity index (χ2n) is 11.0. The van der Waals surface area contributed by atoms with Crippen LogP contribution in [0.3, 0.4) is 0 Å². The summed E-state index contributed by atoms with van der Waals surface area (Å²) >= 11 is 0. The fourth-order valence-corrected chi connectivity index (χ4v) is 5.76. The Bertz CT molecular complexity index is 1680. The molecule has 4 aromatic rings. The number of aromatic nitrogens is 2. The average molecular weight is 607 g/mol. The molecule has 0 atom stereocenters. The molecular weight excluding hydrogens is 576 g/mol. The molecule has 0 bridgehead atoms. The summed E-state index contributed by atoms with van der Waals surface area (Å²) in [5, 5.41) is 0. The van der Waals surface area contributed by atoms with E-state index in [1.165, 1.54) is 19.2 Å². The molecule has 1 fully saturated rings. The van der Waals surface area contributed by atoms with Crippen LogP contribution in [-0.2, 0) is 19.5 Å². The lowest BCUT2D eigenvalue weighted by Gasteiger charge is -2.33. The molecule has 0 radical (unpaired) electrons. The number of carbonyl (C=O) groups excluding carboxylic acids is 1. The molecule has 1 amide bonds. The van der Waals surface area contributed by atoms with E-state index < -0.39 is 17.6 Å². The van der Waals surface area contributed by atoms with Crippen LogP contribution in [0, 0.1) is 11.6 Å². The van der Waals surface area contributed by atoms with Crippen molar-refractivity contribution >= 4 is 11.6 Å². The zero-order valence-electron chi connectivity index (χ0n) is 24.2. The highest BCUT2D eigenvalue weighted by Gasteiger charge is 2.35. The highest BCUT2D eigenvalue weighted by molar-refractivity contribution is 5.99. The molecular formula is C33H30F4N4O3. The van der Waals surface area contributed by atoms with Crippen LogP contribution in [0.25, 0.3) is 11.3 Å². The number of methoxy groups -OCH3 is 2. The third-order valence-corrected chi connectivity index (χ3v) is 8.13. The van der Waals surface area contributed by atoms with Crippen molar-refractivity contribution < 1.29 is 31.8 Å². The lowest BCUT2D eigenvalue weighted by atomic mass is 9.98. The van der Waals surface area contributed by atoms with Crippen LogP contribution in [0.5, 0.6) is 11.5 Å². The van der Waals surface area contributed by atoms with Gasteiger partial charge < -0.3 is 19.3 Å². The third kappa shape index (κ3) is 5.78. The van der Waals surface area contributed by atoms with E-state index in [1.54, 1.807) is 36.4 Å². The van der Waals surface area contributed by atoms with Crippen LogP contribution < -0.4 is 14.4 Å². The number of hydrogen-bond acceptors (Lipinski definition) is 6. The first kappa shape index (κ1) is 29.4. The summed E-state index contributed by atoms with van der Waals surface area (Å²) in [6.07, 6.45) is 1.39. The summed E-state index contributed by atoms with van der Waals surface area (Å²) < 4.78 is 67.8. The molecule has 7 nitrogen and oxygen atoms in total. The summed E-state index contributed by atoms with van der Waals surface area (Å²) in [6, 6.07) is 14.1. The van der Waals surface area contributed by atoms with Gasteiger partial charge in [0, 0.05) is 49.7 Å². The largest absolute Gasteiger partial charge is 0.497 e. The van der Waals surface area contributed by atoms with Crippen LogP contribution >= 0.6 is 0 Å². The highest BCUT2D eigenvalue weighted by Crippen LogP contribution is 2.35. The van der Waals surface area contributed by atoms with Gasteiger partial charge in [-0.05, 0) is 48.0 Å². The van der Waals surface area contributed by atoms with Crippen molar-refractivity contribution in [3.8, 4) is 22.8 Å². The minimum absolute atomic E-state index is 0.0805. The van der Waals surface area contributed by atoms with E-state index in [1.807, 2.05) is 17.0 Å². The van der Waals surface area contributed by atoms with E-state index >= 15 is 0 Å². The Hall–Kier alpha value is -4.67. The molecule has 11 heteroatoms. The van der Waals surface area contributed by atoms with Gasteiger partial charge in [0.15, 0.2) is 0 Å². The fourth-order valence-electron chi connectivity index (χ4n) is 5.76. The minimum atomic E-state index is -2.65. The molecule has 0 N–H and O–H groups in total. The monoisotopic (exact) mass is 606 g/mol. The molecule has 0 aliphatic carbocycles. The Morgan fingerprint density at radius 1 is 0.909 bits per heavy atom. The minimum Gasteiger partial charge on any atom is -0.497 e. The standard InChI is InChI=1S/C33H30F4N4O3/c1-43-24-9-6-20(29(16-24)44-2)18-41-19-28-30(32(41)42)21(15-27(39-28)31-25(34)4-3-5-26(31)35)14-22-7-8-23(17-38-22)40-12-10-33(36,37)11-13-40/h3-9,15-17H,10-14,18-19H2,1-2H3. The summed E-state index contributed by atoms with van der Waals surface area (Å²) in [5.74, 6) is -3.29. The van der Waals surface area contributed by atoms with Gasteiger partial charge in [-0.15, -0.1) is 0 Å². The zero-order valence-corrected chi connectivity index (χ0v) is 24.2. The molecule has 2 aliphatic heterocycles. The first-order chi connectivity index (χ1) is 21.2. The number of piperidine rings is 1.